The molecule has 19 heavy (non-hydrogen) atoms. The lowest BCUT2D eigenvalue weighted by Crippen LogP contribution is -2.44. The predicted molar refractivity (Wildman–Crippen MR) is 72.6 cm³/mol. The minimum atomic E-state index is -3.49. The molecule has 1 heterocycles. The van der Waals surface area contributed by atoms with Gasteiger partial charge in [-0.05, 0) is 24.8 Å². The van der Waals surface area contributed by atoms with Crippen LogP contribution in [0.1, 0.15) is 35.2 Å². The molecule has 1 atom stereocenters. The van der Waals surface area contributed by atoms with Gasteiger partial charge in [0.1, 0.15) is 5.25 Å². The molecule has 0 saturated carbocycles. The monoisotopic (exact) mass is 279 g/mol. The minimum absolute atomic E-state index is 0.235. The van der Waals surface area contributed by atoms with Gasteiger partial charge < -0.3 is 0 Å². The van der Waals surface area contributed by atoms with Gasteiger partial charge in [0.05, 0.1) is 0 Å². The van der Waals surface area contributed by atoms with Gasteiger partial charge in [-0.3, -0.25) is 4.79 Å². The molecule has 4 nitrogen and oxygen atoms in total. The van der Waals surface area contributed by atoms with Gasteiger partial charge in [-0.25, -0.2) is 12.7 Å². The van der Waals surface area contributed by atoms with E-state index in [4.69, 9.17) is 0 Å². The highest BCUT2D eigenvalue weighted by molar-refractivity contribution is 7.90. The summed E-state index contributed by atoms with van der Waals surface area (Å²) in [6.45, 7) is 1.12. The van der Waals surface area contributed by atoms with Crippen LogP contribution in [0, 0.1) is 0 Å². The summed E-state index contributed by atoms with van der Waals surface area (Å²) in [5, 5.41) is -0.900. The first-order valence-corrected chi connectivity index (χ1v) is 8.22. The van der Waals surface area contributed by atoms with Crippen molar-refractivity contribution < 1.29 is 13.2 Å². The maximum absolute atomic E-state index is 12.6. The topological polar surface area (TPSA) is 54.5 Å². The van der Waals surface area contributed by atoms with Crippen LogP contribution in [0.3, 0.4) is 0 Å². The molecule has 0 spiro atoms. The van der Waals surface area contributed by atoms with Gasteiger partial charge in [-0.15, -0.1) is 0 Å². The summed E-state index contributed by atoms with van der Waals surface area (Å²) in [6.07, 6.45) is 3.19. The number of benzene rings is 1. The zero-order valence-electron chi connectivity index (χ0n) is 10.7. The van der Waals surface area contributed by atoms with Crippen LogP contribution >= 0.6 is 0 Å². The lowest BCUT2D eigenvalue weighted by Gasteiger charge is -2.28. The SMILES string of the molecule is O=C1c2ccccc2CC1S(=O)(=O)N1CCCCC1. The third kappa shape index (κ3) is 2.11. The Morgan fingerprint density at radius 2 is 1.74 bits per heavy atom. The summed E-state index contributed by atoms with van der Waals surface area (Å²) in [6, 6.07) is 7.21. The molecule has 1 fully saturated rings. The number of Topliss-reactive ketones (excluding diaryl/α,β-unsaturated/α-hetero) is 1. The second-order valence-electron chi connectivity index (χ2n) is 5.22. The van der Waals surface area contributed by atoms with Gasteiger partial charge in [-0.1, -0.05) is 30.7 Å². The fourth-order valence-electron chi connectivity index (χ4n) is 2.94. The van der Waals surface area contributed by atoms with Crippen molar-refractivity contribution in [3.05, 3.63) is 35.4 Å². The molecule has 102 valence electrons. The molecular weight excluding hydrogens is 262 g/mol. The van der Waals surface area contributed by atoms with Gasteiger partial charge in [0, 0.05) is 18.7 Å². The van der Waals surface area contributed by atoms with Crippen LogP contribution in [0.5, 0.6) is 0 Å². The van der Waals surface area contributed by atoms with Crippen LogP contribution in [0.25, 0.3) is 0 Å². The van der Waals surface area contributed by atoms with Crippen LogP contribution in [0.2, 0.25) is 0 Å². The Morgan fingerprint density at radius 3 is 2.42 bits per heavy atom. The molecule has 0 amide bonds. The molecule has 1 unspecified atom stereocenters. The van der Waals surface area contributed by atoms with Crippen molar-refractivity contribution in [2.45, 2.75) is 30.9 Å². The minimum Gasteiger partial charge on any atom is -0.293 e. The quantitative estimate of drug-likeness (QED) is 0.826. The Morgan fingerprint density at radius 1 is 1.05 bits per heavy atom. The Bertz CT molecular complexity index is 603. The third-order valence-corrected chi connectivity index (χ3v) is 6.20. The second-order valence-corrected chi connectivity index (χ2v) is 7.33. The van der Waals surface area contributed by atoms with Crippen LogP contribution in [0.4, 0.5) is 0 Å². The normalized spacial score (nSPS) is 24.4. The van der Waals surface area contributed by atoms with E-state index in [1.807, 2.05) is 12.1 Å². The van der Waals surface area contributed by atoms with Crippen LogP contribution in [0.15, 0.2) is 24.3 Å². The molecule has 1 aromatic rings. The van der Waals surface area contributed by atoms with E-state index in [1.165, 1.54) is 4.31 Å². The van der Waals surface area contributed by atoms with Crippen molar-refractivity contribution in [1.29, 1.82) is 0 Å². The van der Waals surface area contributed by atoms with Gasteiger partial charge in [0.2, 0.25) is 10.0 Å². The summed E-state index contributed by atoms with van der Waals surface area (Å²) < 4.78 is 26.6. The smallest absolute Gasteiger partial charge is 0.224 e. The number of sulfonamides is 1. The summed E-state index contributed by atoms with van der Waals surface area (Å²) in [5.41, 5.74) is 1.44. The number of nitrogens with zero attached hydrogens (tertiary/aromatic N) is 1. The highest BCUT2D eigenvalue weighted by Crippen LogP contribution is 2.29. The number of carbonyl (C=O) groups excluding carboxylic acids is 1. The first-order valence-electron chi connectivity index (χ1n) is 6.72. The van der Waals surface area contributed by atoms with Gasteiger partial charge >= 0.3 is 0 Å². The van der Waals surface area contributed by atoms with E-state index in [0.29, 0.717) is 25.1 Å². The van der Waals surface area contributed by atoms with Gasteiger partial charge in [-0.2, -0.15) is 0 Å². The van der Waals surface area contributed by atoms with E-state index < -0.39 is 15.3 Å². The molecular formula is C14H17NO3S. The zero-order valence-corrected chi connectivity index (χ0v) is 11.5. The van der Waals surface area contributed by atoms with E-state index in [0.717, 1.165) is 24.8 Å². The zero-order chi connectivity index (χ0) is 13.5. The van der Waals surface area contributed by atoms with Crippen molar-refractivity contribution in [3.63, 3.8) is 0 Å². The highest BCUT2D eigenvalue weighted by atomic mass is 32.2. The number of rotatable bonds is 2. The summed E-state index contributed by atoms with van der Waals surface area (Å²) >= 11 is 0. The fourth-order valence-corrected chi connectivity index (χ4v) is 4.86. The largest absolute Gasteiger partial charge is 0.293 e. The number of fused-ring (bicyclic) bond motifs is 1. The molecule has 0 radical (unpaired) electrons. The van der Waals surface area contributed by atoms with E-state index in [1.54, 1.807) is 12.1 Å². The maximum atomic E-state index is 12.6. The van der Waals surface area contributed by atoms with Crippen molar-refractivity contribution in [2.75, 3.05) is 13.1 Å². The Hall–Kier alpha value is -1.20. The number of hydrogen-bond acceptors (Lipinski definition) is 3. The highest BCUT2D eigenvalue weighted by Gasteiger charge is 2.42. The molecule has 0 N–H and O–H groups in total. The molecule has 3 rings (SSSR count). The summed E-state index contributed by atoms with van der Waals surface area (Å²) in [5.74, 6) is -0.235. The molecule has 1 aliphatic carbocycles. The van der Waals surface area contributed by atoms with Gasteiger partial charge in [0.15, 0.2) is 5.78 Å². The Labute approximate surface area is 113 Å². The van der Waals surface area contributed by atoms with Crippen molar-refractivity contribution in [2.24, 2.45) is 0 Å². The van der Waals surface area contributed by atoms with Crippen molar-refractivity contribution >= 4 is 15.8 Å². The maximum Gasteiger partial charge on any atom is 0.224 e. The summed E-state index contributed by atoms with van der Waals surface area (Å²) in [7, 11) is -3.49. The average molecular weight is 279 g/mol. The molecule has 1 aromatic carbocycles. The molecule has 1 aliphatic heterocycles. The van der Waals surface area contributed by atoms with Crippen LogP contribution in [-0.4, -0.2) is 36.8 Å². The molecule has 1 saturated heterocycles. The van der Waals surface area contributed by atoms with Crippen molar-refractivity contribution in [1.82, 2.24) is 4.31 Å². The first-order chi connectivity index (χ1) is 9.10. The first kappa shape index (κ1) is 12.8. The van der Waals surface area contributed by atoms with E-state index in [9.17, 15) is 13.2 Å². The van der Waals surface area contributed by atoms with E-state index >= 15 is 0 Å². The Kier molecular flexibility index (Phi) is 3.19. The number of ketones is 1. The Balaban J connectivity index is 1.90. The van der Waals surface area contributed by atoms with Crippen LogP contribution in [-0.2, 0) is 16.4 Å². The predicted octanol–water partition coefficient (Wildman–Crippen LogP) is 1.61. The second kappa shape index (κ2) is 4.72. The van der Waals surface area contributed by atoms with Crippen LogP contribution < -0.4 is 0 Å². The summed E-state index contributed by atoms with van der Waals surface area (Å²) in [4.78, 5) is 12.3. The van der Waals surface area contributed by atoms with Gasteiger partial charge in [0.25, 0.3) is 0 Å². The van der Waals surface area contributed by atoms with E-state index in [-0.39, 0.29) is 5.78 Å². The molecule has 5 heteroatoms. The lowest BCUT2D eigenvalue weighted by molar-refractivity contribution is 0.0995. The standard InChI is InChI=1S/C14H17NO3S/c16-14-12-7-3-2-6-11(12)10-13(14)19(17,18)15-8-4-1-5-9-15/h2-3,6-7,13H,1,4-5,8-10H2. The molecule has 0 aromatic heterocycles. The number of hydrogen-bond donors (Lipinski definition) is 0. The van der Waals surface area contributed by atoms with Crippen molar-refractivity contribution in [3.8, 4) is 0 Å². The van der Waals surface area contributed by atoms with E-state index in [2.05, 4.69) is 0 Å². The molecule has 0 bridgehead atoms. The average Bonchev–Trinajstić information content (AvgIpc) is 2.78. The number of piperidine rings is 1. The molecule has 2 aliphatic rings. The lowest BCUT2D eigenvalue weighted by atomic mass is 10.1. The number of carbonyl (C=O) groups is 1. The third-order valence-electron chi connectivity index (χ3n) is 4.02. The fraction of sp³-hybridized carbons (Fsp3) is 0.500.